The lowest BCUT2D eigenvalue weighted by atomic mass is 9.78. The molecule has 0 aromatic heterocycles. The second-order valence-corrected chi connectivity index (χ2v) is 6.88. The molecule has 3 unspecified atom stereocenters. The van der Waals surface area contributed by atoms with Gasteiger partial charge in [0.2, 0.25) is 0 Å². The van der Waals surface area contributed by atoms with Crippen molar-refractivity contribution in [3.63, 3.8) is 0 Å². The highest BCUT2D eigenvalue weighted by atomic mass is 16.2. The van der Waals surface area contributed by atoms with E-state index < -0.39 is 5.54 Å². The number of hydrogen-bond donors (Lipinski definition) is 2. The van der Waals surface area contributed by atoms with Crippen LogP contribution in [0.2, 0.25) is 0 Å². The number of amides is 3. The molecule has 3 N–H and O–H groups in total. The Morgan fingerprint density at radius 3 is 2.65 bits per heavy atom. The fraction of sp³-hybridized carbons (Fsp3) is 0.867. The number of carbonyl (C=O) groups excluding carboxylic acids is 2. The van der Waals surface area contributed by atoms with Crippen LogP contribution in [0.3, 0.4) is 0 Å². The zero-order valence-electron chi connectivity index (χ0n) is 12.2. The lowest BCUT2D eigenvalue weighted by molar-refractivity contribution is -0.134. The summed E-state index contributed by atoms with van der Waals surface area (Å²) in [6.07, 6.45) is 6.71. The minimum Gasteiger partial charge on any atom is -0.330 e. The van der Waals surface area contributed by atoms with Gasteiger partial charge >= 0.3 is 6.03 Å². The molecule has 0 aromatic rings. The molecule has 1 aliphatic heterocycles. The molecule has 2 aliphatic carbocycles. The molecule has 1 saturated heterocycles. The highest BCUT2D eigenvalue weighted by Crippen LogP contribution is 2.39. The molecule has 0 bridgehead atoms. The fourth-order valence-corrected chi connectivity index (χ4v) is 4.26. The van der Waals surface area contributed by atoms with E-state index in [2.05, 4.69) is 12.2 Å². The maximum Gasteiger partial charge on any atom is 0.325 e. The summed E-state index contributed by atoms with van der Waals surface area (Å²) in [7, 11) is 0. The van der Waals surface area contributed by atoms with Crippen molar-refractivity contribution in [2.75, 3.05) is 6.54 Å². The highest BCUT2D eigenvalue weighted by Gasteiger charge is 2.55. The minimum absolute atomic E-state index is 0.00350. The number of carbonyl (C=O) groups is 2. The van der Waals surface area contributed by atoms with Crippen LogP contribution in [0.1, 0.15) is 51.9 Å². The van der Waals surface area contributed by atoms with E-state index in [1.807, 2.05) is 0 Å². The Bertz CT molecular complexity index is 417. The predicted molar refractivity (Wildman–Crippen MR) is 75.9 cm³/mol. The number of nitrogens with one attached hydrogen (secondary N) is 1. The zero-order chi connectivity index (χ0) is 14.3. The van der Waals surface area contributed by atoms with Gasteiger partial charge < -0.3 is 11.1 Å². The Balaban J connectivity index is 1.84. The molecule has 5 heteroatoms. The van der Waals surface area contributed by atoms with Crippen molar-refractivity contribution in [2.45, 2.75) is 63.5 Å². The van der Waals surface area contributed by atoms with E-state index >= 15 is 0 Å². The van der Waals surface area contributed by atoms with E-state index in [-0.39, 0.29) is 23.9 Å². The van der Waals surface area contributed by atoms with Crippen LogP contribution in [0.5, 0.6) is 0 Å². The summed E-state index contributed by atoms with van der Waals surface area (Å²) in [5.74, 6) is 0.832. The molecule has 0 aromatic carbocycles. The van der Waals surface area contributed by atoms with Gasteiger partial charge in [0.05, 0.1) is 0 Å². The van der Waals surface area contributed by atoms with E-state index in [1.165, 1.54) is 4.90 Å². The first-order valence-corrected chi connectivity index (χ1v) is 7.93. The summed E-state index contributed by atoms with van der Waals surface area (Å²) in [6.45, 7) is 2.75. The van der Waals surface area contributed by atoms with Gasteiger partial charge in [0.1, 0.15) is 5.54 Å². The number of nitrogens with zero attached hydrogens (tertiary/aromatic N) is 1. The molecule has 3 aliphatic rings. The number of imide groups is 1. The molecule has 5 nitrogen and oxygen atoms in total. The van der Waals surface area contributed by atoms with Crippen LogP contribution >= 0.6 is 0 Å². The SMILES string of the molecule is CC1CCC(CN)C(N2C(=O)NC3(CCCC3)C2=O)C1. The van der Waals surface area contributed by atoms with Crippen molar-refractivity contribution in [3.05, 3.63) is 0 Å². The van der Waals surface area contributed by atoms with Gasteiger partial charge in [-0.2, -0.15) is 0 Å². The standard InChI is InChI=1S/C15H25N3O2/c1-10-4-5-11(9-16)12(8-10)18-13(19)15(17-14(18)20)6-2-3-7-15/h10-12H,2-9,16H2,1H3,(H,17,20). The van der Waals surface area contributed by atoms with Crippen LogP contribution in [0, 0.1) is 11.8 Å². The molecule has 3 atom stereocenters. The summed E-state index contributed by atoms with van der Waals surface area (Å²) in [4.78, 5) is 26.7. The summed E-state index contributed by atoms with van der Waals surface area (Å²) in [5, 5.41) is 2.98. The maximum atomic E-state index is 12.8. The Morgan fingerprint density at radius 1 is 1.30 bits per heavy atom. The Morgan fingerprint density at radius 2 is 2.00 bits per heavy atom. The van der Waals surface area contributed by atoms with Gasteiger partial charge in [-0.15, -0.1) is 0 Å². The van der Waals surface area contributed by atoms with Gasteiger partial charge in [0, 0.05) is 6.04 Å². The number of nitrogens with two attached hydrogens (primary N) is 1. The van der Waals surface area contributed by atoms with Crippen LogP contribution in [-0.4, -0.2) is 35.0 Å². The zero-order valence-corrected chi connectivity index (χ0v) is 12.2. The second-order valence-electron chi connectivity index (χ2n) is 6.88. The smallest absolute Gasteiger partial charge is 0.325 e. The Kier molecular flexibility index (Phi) is 3.48. The third-order valence-corrected chi connectivity index (χ3v) is 5.50. The highest BCUT2D eigenvalue weighted by molar-refractivity contribution is 6.07. The van der Waals surface area contributed by atoms with Crippen molar-refractivity contribution < 1.29 is 9.59 Å². The monoisotopic (exact) mass is 279 g/mol. The van der Waals surface area contributed by atoms with Crippen LogP contribution < -0.4 is 11.1 Å². The molecular formula is C15H25N3O2. The van der Waals surface area contributed by atoms with Crippen molar-refractivity contribution >= 4 is 11.9 Å². The normalized spacial score (nSPS) is 36.7. The first-order chi connectivity index (χ1) is 9.57. The maximum absolute atomic E-state index is 12.8. The molecule has 1 spiro atoms. The third kappa shape index (κ3) is 2.03. The number of urea groups is 1. The first kappa shape index (κ1) is 13.9. The molecule has 3 amide bonds. The van der Waals surface area contributed by atoms with E-state index in [0.29, 0.717) is 12.5 Å². The fourth-order valence-electron chi connectivity index (χ4n) is 4.26. The van der Waals surface area contributed by atoms with E-state index in [0.717, 1.165) is 44.9 Å². The largest absolute Gasteiger partial charge is 0.330 e. The van der Waals surface area contributed by atoms with Crippen molar-refractivity contribution in [1.82, 2.24) is 10.2 Å². The molecule has 20 heavy (non-hydrogen) atoms. The van der Waals surface area contributed by atoms with Crippen molar-refractivity contribution in [1.29, 1.82) is 0 Å². The minimum atomic E-state index is -0.586. The van der Waals surface area contributed by atoms with Gasteiger partial charge in [-0.25, -0.2) is 4.79 Å². The van der Waals surface area contributed by atoms with E-state index in [4.69, 9.17) is 5.73 Å². The molecule has 2 saturated carbocycles. The van der Waals surface area contributed by atoms with Gasteiger partial charge in [-0.1, -0.05) is 26.2 Å². The quantitative estimate of drug-likeness (QED) is 0.754. The average molecular weight is 279 g/mol. The van der Waals surface area contributed by atoms with Crippen molar-refractivity contribution in [3.8, 4) is 0 Å². The Hall–Kier alpha value is -1.10. The van der Waals surface area contributed by atoms with E-state index in [1.54, 1.807) is 0 Å². The van der Waals surface area contributed by atoms with Crippen molar-refractivity contribution in [2.24, 2.45) is 17.6 Å². The van der Waals surface area contributed by atoms with Crippen LogP contribution in [-0.2, 0) is 4.79 Å². The summed E-state index contributed by atoms with van der Waals surface area (Å²) < 4.78 is 0. The van der Waals surface area contributed by atoms with Crippen LogP contribution in [0.25, 0.3) is 0 Å². The predicted octanol–water partition coefficient (Wildman–Crippen LogP) is 1.61. The third-order valence-electron chi connectivity index (χ3n) is 5.50. The lowest BCUT2D eigenvalue weighted by Gasteiger charge is -2.38. The summed E-state index contributed by atoms with van der Waals surface area (Å²) in [5.41, 5.74) is 5.29. The average Bonchev–Trinajstić information content (AvgIpc) is 2.97. The summed E-state index contributed by atoms with van der Waals surface area (Å²) >= 11 is 0. The second kappa shape index (κ2) is 5.02. The number of rotatable bonds is 2. The first-order valence-electron chi connectivity index (χ1n) is 7.93. The molecule has 1 heterocycles. The van der Waals surface area contributed by atoms with Crippen LogP contribution in [0.4, 0.5) is 4.79 Å². The molecule has 112 valence electrons. The number of hydrogen-bond acceptors (Lipinski definition) is 3. The van der Waals surface area contributed by atoms with Gasteiger partial charge in [0.25, 0.3) is 5.91 Å². The lowest BCUT2D eigenvalue weighted by Crippen LogP contribution is -2.51. The van der Waals surface area contributed by atoms with Crippen LogP contribution in [0.15, 0.2) is 0 Å². The molecular weight excluding hydrogens is 254 g/mol. The van der Waals surface area contributed by atoms with Gasteiger partial charge in [-0.3, -0.25) is 9.69 Å². The van der Waals surface area contributed by atoms with Gasteiger partial charge in [0.15, 0.2) is 0 Å². The topological polar surface area (TPSA) is 75.4 Å². The Labute approximate surface area is 120 Å². The van der Waals surface area contributed by atoms with Gasteiger partial charge in [-0.05, 0) is 44.1 Å². The molecule has 0 radical (unpaired) electrons. The molecule has 3 rings (SSSR count). The van der Waals surface area contributed by atoms with E-state index in [9.17, 15) is 9.59 Å². The molecule has 3 fully saturated rings. The summed E-state index contributed by atoms with van der Waals surface area (Å²) in [6, 6.07) is -0.189.